The molecule has 3 heteroatoms. The monoisotopic (exact) mass is 211 g/mol. The van der Waals surface area contributed by atoms with Gasteiger partial charge in [-0.25, -0.2) is 0 Å². The summed E-state index contributed by atoms with van der Waals surface area (Å²) in [6, 6.07) is 0.0466. The lowest BCUT2D eigenvalue weighted by molar-refractivity contribution is -0.128. The van der Waals surface area contributed by atoms with Crippen LogP contribution >= 0.6 is 0 Å². The molecular weight excluding hydrogens is 190 g/mol. The minimum atomic E-state index is 0.0466. The molecule has 86 valence electrons. The summed E-state index contributed by atoms with van der Waals surface area (Å²) in [6.45, 7) is 6.94. The highest BCUT2D eigenvalue weighted by atomic mass is 16.5. The predicted molar refractivity (Wildman–Crippen MR) is 58.8 cm³/mol. The first-order valence-corrected chi connectivity index (χ1v) is 6.16. The van der Waals surface area contributed by atoms with Gasteiger partial charge in [0.05, 0.1) is 12.1 Å². The van der Waals surface area contributed by atoms with E-state index in [4.69, 9.17) is 4.74 Å². The SMILES string of the molecule is CCC(=O)C1C2OCCCC2CN1CC. The van der Waals surface area contributed by atoms with Gasteiger partial charge >= 0.3 is 0 Å². The first-order chi connectivity index (χ1) is 7.27. The molecule has 2 aliphatic rings. The zero-order valence-electron chi connectivity index (χ0n) is 9.74. The van der Waals surface area contributed by atoms with E-state index in [2.05, 4.69) is 11.8 Å². The minimum absolute atomic E-state index is 0.0466. The number of ketones is 1. The first kappa shape index (κ1) is 11.1. The molecule has 0 saturated carbocycles. The van der Waals surface area contributed by atoms with Crippen molar-refractivity contribution in [2.24, 2.45) is 5.92 Å². The summed E-state index contributed by atoms with van der Waals surface area (Å²) in [5.41, 5.74) is 0. The summed E-state index contributed by atoms with van der Waals surface area (Å²) in [4.78, 5) is 14.2. The van der Waals surface area contributed by atoms with E-state index in [1.165, 1.54) is 6.42 Å². The van der Waals surface area contributed by atoms with Gasteiger partial charge in [-0.1, -0.05) is 13.8 Å². The standard InChI is InChI=1S/C12H21NO2/c1-3-10(14)11-12-9(6-5-7-15-12)8-13(11)4-2/h9,11-12H,3-8H2,1-2H3. The summed E-state index contributed by atoms with van der Waals surface area (Å²) in [5.74, 6) is 0.949. The molecule has 3 atom stereocenters. The molecule has 0 aromatic heterocycles. The van der Waals surface area contributed by atoms with Crippen molar-refractivity contribution in [2.75, 3.05) is 19.7 Å². The number of carbonyl (C=O) groups is 1. The summed E-state index contributed by atoms with van der Waals surface area (Å²) in [6.07, 6.45) is 3.21. The Bertz CT molecular complexity index is 242. The molecule has 0 spiro atoms. The van der Waals surface area contributed by atoms with Crippen LogP contribution in [0.5, 0.6) is 0 Å². The Labute approximate surface area is 91.8 Å². The van der Waals surface area contributed by atoms with Gasteiger partial charge in [0, 0.05) is 19.6 Å². The number of fused-ring (bicyclic) bond motifs is 1. The fraction of sp³-hybridized carbons (Fsp3) is 0.917. The topological polar surface area (TPSA) is 29.5 Å². The highest BCUT2D eigenvalue weighted by molar-refractivity contribution is 5.84. The highest BCUT2D eigenvalue weighted by Gasteiger charge is 2.45. The number of hydrogen-bond donors (Lipinski definition) is 0. The van der Waals surface area contributed by atoms with Crippen molar-refractivity contribution < 1.29 is 9.53 Å². The number of Topliss-reactive ketones (excluding diaryl/α,β-unsaturated/α-hetero) is 1. The largest absolute Gasteiger partial charge is 0.376 e. The van der Waals surface area contributed by atoms with E-state index in [0.29, 0.717) is 18.1 Å². The molecule has 0 aromatic carbocycles. The van der Waals surface area contributed by atoms with Crippen molar-refractivity contribution in [3.05, 3.63) is 0 Å². The van der Waals surface area contributed by atoms with Crippen LogP contribution in [0.4, 0.5) is 0 Å². The fourth-order valence-corrected chi connectivity index (χ4v) is 2.95. The van der Waals surface area contributed by atoms with E-state index in [9.17, 15) is 4.79 Å². The molecule has 15 heavy (non-hydrogen) atoms. The molecule has 3 unspecified atom stereocenters. The second-order valence-corrected chi connectivity index (χ2v) is 4.59. The average Bonchev–Trinajstić information content (AvgIpc) is 2.66. The Morgan fingerprint density at radius 2 is 2.27 bits per heavy atom. The number of carbonyl (C=O) groups excluding carboxylic acids is 1. The Morgan fingerprint density at radius 3 is 2.93 bits per heavy atom. The van der Waals surface area contributed by atoms with Gasteiger partial charge in [-0.2, -0.15) is 0 Å². The summed E-state index contributed by atoms with van der Waals surface area (Å²) < 4.78 is 5.81. The zero-order chi connectivity index (χ0) is 10.8. The quantitative estimate of drug-likeness (QED) is 0.708. The van der Waals surface area contributed by atoms with Crippen LogP contribution in [0, 0.1) is 5.92 Å². The fourth-order valence-electron chi connectivity index (χ4n) is 2.95. The van der Waals surface area contributed by atoms with Crippen LogP contribution < -0.4 is 0 Å². The van der Waals surface area contributed by atoms with E-state index in [0.717, 1.165) is 26.1 Å². The highest BCUT2D eigenvalue weighted by Crippen LogP contribution is 2.33. The molecule has 0 N–H and O–H groups in total. The van der Waals surface area contributed by atoms with E-state index in [1.54, 1.807) is 0 Å². The van der Waals surface area contributed by atoms with Gasteiger partial charge in [-0.05, 0) is 25.3 Å². The molecule has 2 saturated heterocycles. The third kappa shape index (κ3) is 1.95. The maximum atomic E-state index is 11.9. The third-order valence-corrected chi connectivity index (χ3v) is 3.75. The number of hydrogen-bond acceptors (Lipinski definition) is 3. The molecule has 0 radical (unpaired) electrons. The van der Waals surface area contributed by atoms with Crippen LogP contribution in [0.15, 0.2) is 0 Å². The van der Waals surface area contributed by atoms with Gasteiger partial charge in [-0.3, -0.25) is 9.69 Å². The van der Waals surface area contributed by atoms with E-state index < -0.39 is 0 Å². The normalized spacial score (nSPS) is 36.5. The van der Waals surface area contributed by atoms with E-state index in [1.807, 2.05) is 6.92 Å². The molecule has 3 nitrogen and oxygen atoms in total. The smallest absolute Gasteiger partial charge is 0.152 e. The Hall–Kier alpha value is -0.410. The Kier molecular flexibility index (Phi) is 3.42. The third-order valence-electron chi connectivity index (χ3n) is 3.75. The summed E-state index contributed by atoms with van der Waals surface area (Å²) >= 11 is 0. The van der Waals surface area contributed by atoms with Crippen molar-refractivity contribution in [1.29, 1.82) is 0 Å². The van der Waals surface area contributed by atoms with Crippen molar-refractivity contribution in [2.45, 2.75) is 45.3 Å². The predicted octanol–water partition coefficient (Wildman–Crippen LogP) is 1.46. The van der Waals surface area contributed by atoms with Crippen LogP contribution in [-0.2, 0) is 9.53 Å². The van der Waals surface area contributed by atoms with Gasteiger partial charge < -0.3 is 4.74 Å². The number of likely N-dealkylation sites (tertiary alicyclic amines) is 1. The second-order valence-electron chi connectivity index (χ2n) is 4.59. The molecule has 0 aliphatic carbocycles. The molecule has 2 heterocycles. The van der Waals surface area contributed by atoms with Crippen LogP contribution in [-0.4, -0.2) is 42.5 Å². The van der Waals surface area contributed by atoms with Gasteiger partial charge in [0.1, 0.15) is 0 Å². The van der Waals surface area contributed by atoms with Gasteiger partial charge in [0.15, 0.2) is 5.78 Å². The molecule has 2 rings (SSSR count). The van der Waals surface area contributed by atoms with Crippen LogP contribution in [0.1, 0.15) is 33.1 Å². The van der Waals surface area contributed by atoms with Gasteiger partial charge in [-0.15, -0.1) is 0 Å². The second kappa shape index (κ2) is 4.62. The first-order valence-electron chi connectivity index (χ1n) is 6.16. The van der Waals surface area contributed by atoms with Crippen LogP contribution in [0.2, 0.25) is 0 Å². The number of nitrogens with zero attached hydrogens (tertiary/aromatic N) is 1. The molecule has 0 bridgehead atoms. The maximum Gasteiger partial charge on any atom is 0.152 e. The number of ether oxygens (including phenoxy) is 1. The Morgan fingerprint density at radius 1 is 1.47 bits per heavy atom. The molecule has 2 fully saturated rings. The molecule has 2 aliphatic heterocycles. The zero-order valence-corrected chi connectivity index (χ0v) is 9.74. The van der Waals surface area contributed by atoms with E-state index >= 15 is 0 Å². The van der Waals surface area contributed by atoms with E-state index in [-0.39, 0.29) is 12.1 Å². The van der Waals surface area contributed by atoms with Crippen molar-refractivity contribution in [3.63, 3.8) is 0 Å². The molecule has 0 amide bonds. The molecule has 0 aromatic rings. The van der Waals surface area contributed by atoms with Crippen molar-refractivity contribution in [1.82, 2.24) is 4.90 Å². The summed E-state index contributed by atoms with van der Waals surface area (Å²) in [7, 11) is 0. The van der Waals surface area contributed by atoms with Crippen molar-refractivity contribution in [3.8, 4) is 0 Å². The van der Waals surface area contributed by atoms with Crippen molar-refractivity contribution >= 4 is 5.78 Å². The van der Waals surface area contributed by atoms with Gasteiger partial charge in [0.25, 0.3) is 0 Å². The lowest BCUT2D eigenvalue weighted by atomic mass is 9.92. The lowest BCUT2D eigenvalue weighted by Crippen LogP contribution is -2.44. The maximum absolute atomic E-state index is 11.9. The molecular formula is C12H21NO2. The Balaban J connectivity index is 2.13. The van der Waals surface area contributed by atoms with Crippen LogP contribution in [0.3, 0.4) is 0 Å². The minimum Gasteiger partial charge on any atom is -0.376 e. The number of rotatable bonds is 3. The summed E-state index contributed by atoms with van der Waals surface area (Å²) in [5, 5.41) is 0. The van der Waals surface area contributed by atoms with Gasteiger partial charge in [0.2, 0.25) is 0 Å². The lowest BCUT2D eigenvalue weighted by Gasteiger charge is -2.29. The van der Waals surface area contributed by atoms with Crippen LogP contribution in [0.25, 0.3) is 0 Å². The average molecular weight is 211 g/mol. The number of likely N-dealkylation sites (N-methyl/N-ethyl adjacent to an activating group) is 1.